The minimum atomic E-state index is -3.01. The maximum absolute atomic E-state index is 12.0. The summed E-state index contributed by atoms with van der Waals surface area (Å²) in [6.45, 7) is 0.761. The van der Waals surface area contributed by atoms with Crippen LogP contribution in [-0.2, 0) is 21.2 Å². The molecule has 20 heavy (non-hydrogen) atoms. The molecule has 1 aromatic rings. The highest BCUT2D eigenvalue weighted by Gasteiger charge is 2.47. The molecule has 108 valence electrons. The van der Waals surface area contributed by atoms with Crippen LogP contribution >= 0.6 is 0 Å². The van der Waals surface area contributed by atoms with E-state index in [0.29, 0.717) is 12.8 Å². The molecular formula is C14H17NO4S. The molecule has 0 radical (unpaired) electrons. The van der Waals surface area contributed by atoms with Crippen molar-refractivity contribution in [3.05, 3.63) is 35.9 Å². The number of amides is 1. The molecule has 1 amide bonds. The molecule has 3 rings (SSSR count). The Bertz CT molecular complexity index is 579. The third-order valence-corrected chi connectivity index (χ3v) is 6.68. The predicted molar refractivity (Wildman–Crippen MR) is 73.9 cm³/mol. The van der Waals surface area contributed by atoms with Gasteiger partial charge in [-0.2, -0.15) is 0 Å². The number of nitrogens with zero attached hydrogens (tertiary/aromatic N) is 1. The van der Waals surface area contributed by atoms with Crippen molar-refractivity contribution < 1.29 is 17.9 Å². The number of hydrogen-bond donors (Lipinski definition) is 0. The molecule has 0 N–H and O–H groups in total. The van der Waals surface area contributed by atoms with Gasteiger partial charge in [0.2, 0.25) is 0 Å². The number of ether oxygens (including phenoxy) is 1. The quantitative estimate of drug-likeness (QED) is 0.831. The van der Waals surface area contributed by atoms with Crippen LogP contribution in [0.5, 0.6) is 0 Å². The number of sulfone groups is 1. The first-order valence-corrected chi connectivity index (χ1v) is 8.36. The molecule has 1 aromatic carbocycles. The van der Waals surface area contributed by atoms with Gasteiger partial charge in [0.25, 0.3) is 0 Å². The molecule has 2 heterocycles. The Kier molecular flexibility index (Phi) is 3.41. The largest absolute Gasteiger partial charge is 0.445 e. The van der Waals surface area contributed by atoms with Crippen LogP contribution in [0, 0.1) is 0 Å². The van der Waals surface area contributed by atoms with Gasteiger partial charge in [-0.25, -0.2) is 13.2 Å². The summed E-state index contributed by atoms with van der Waals surface area (Å²) >= 11 is 0. The van der Waals surface area contributed by atoms with Gasteiger partial charge in [-0.05, 0) is 18.4 Å². The van der Waals surface area contributed by atoms with Gasteiger partial charge in [0, 0.05) is 13.1 Å². The lowest BCUT2D eigenvalue weighted by molar-refractivity contribution is 0.0963. The van der Waals surface area contributed by atoms with Crippen LogP contribution in [0.1, 0.15) is 18.4 Å². The molecular weight excluding hydrogens is 278 g/mol. The van der Waals surface area contributed by atoms with E-state index in [1.165, 1.54) is 4.90 Å². The molecule has 0 aromatic heterocycles. The molecule has 0 aliphatic carbocycles. The van der Waals surface area contributed by atoms with Crippen LogP contribution in [0.15, 0.2) is 30.3 Å². The summed E-state index contributed by atoms with van der Waals surface area (Å²) in [5, 5.41) is -0.795. The van der Waals surface area contributed by atoms with Gasteiger partial charge in [0.15, 0.2) is 9.84 Å². The lowest BCUT2D eigenvalue weighted by Gasteiger charge is -2.30. The van der Waals surface area contributed by atoms with E-state index in [9.17, 15) is 13.2 Å². The SMILES string of the molecule is O=C(OCc1ccccc1)N1CC2CCC(C1)S2(=O)=O. The molecule has 2 aliphatic heterocycles. The van der Waals surface area contributed by atoms with Gasteiger partial charge in [-0.1, -0.05) is 30.3 Å². The molecule has 5 nitrogen and oxygen atoms in total. The summed E-state index contributed by atoms with van der Waals surface area (Å²) in [6, 6.07) is 9.45. The van der Waals surface area contributed by atoms with Crippen LogP contribution in [0.3, 0.4) is 0 Å². The lowest BCUT2D eigenvalue weighted by Crippen LogP contribution is -2.49. The second kappa shape index (κ2) is 5.09. The van der Waals surface area contributed by atoms with Crippen molar-refractivity contribution in [2.24, 2.45) is 0 Å². The van der Waals surface area contributed by atoms with E-state index < -0.39 is 26.4 Å². The summed E-state index contributed by atoms with van der Waals surface area (Å²) in [5.41, 5.74) is 0.924. The van der Waals surface area contributed by atoms with E-state index in [-0.39, 0.29) is 19.7 Å². The number of benzene rings is 1. The van der Waals surface area contributed by atoms with Crippen molar-refractivity contribution in [3.8, 4) is 0 Å². The Morgan fingerprint density at radius 2 is 1.75 bits per heavy atom. The molecule has 2 aliphatic rings. The summed E-state index contributed by atoms with van der Waals surface area (Å²) in [4.78, 5) is 13.5. The van der Waals surface area contributed by atoms with Crippen molar-refractivity contribution in [2.75, 3.05) is 13.1 Å². The summed E-state index contributed by atoms with van der Waals surface area (Å²) in [6.07, 6.45) is 0.908. The van der Waals surface area contributed by atoms with E-state index in [0.717, 1.165) is 5.56 Å². The van der Waals surface area contributed by atoms with E-state index in [1.807, 2.05) is 30.3 Å². The standard InChI is InChI=1S/C14H17NO4S/c16-14(19-10-11-4-2-1-3-5-11)15-8-12-6-7-13(9-15)20(12,17)18/h1-5,12-13H,6-10H2. The number of hydrogen-bond acceptors (Lipinski definition) is 4. The third-order valence-electron chi connectivity index (χ3n) is 4.05. The highest BCUT2D eigenvalue weighted by molar-refractivity contribution is 7.93. The van der Waals surface area contributed by atoms with Crippen LogP contribution in [-0.4, -0.2) is 43.0 Å². The van der Waals surface area contributed by atoms with E-state index >= 15 is 0 Å². The van der Waals surface area contributed by atoms with Crippen LogP contribution in [0.2, 0.25) is 0 Å². The van der Waals surface area contributed by atoms with Crippen molar-refractivity contribution in [2.45, 2.75) is 29.9 Å². The minimum absolute atomic E-state index is 0.220. The highest BCUT2D eigenvalue weighted by Crippen LogP contribution is 2.33. The summed E-state index contributed by atoms with van der Waals surface area (Å²) in [7, 11) is -3.01. The predicted octanol–water partition coefficient (Wildman–Crippen LogP) is 1.58. The number of carbonyl (C=O) groups excluding carboxylic acids is 1. The Balaban J connectivity index is 1.60. The normalized spacial score (nSPS) is 27.3. The second-order valence-electron chi connectivity index (χ2n) is 5.36. The molecule has 2 unspecified atom stereocenters. The van der Waals surface area contributed by atoms with E-state index in [4.69, 9.17) is 4.74 Å². The van der Waals surface area contributed by atoms with Crippen molar-refractivity contribution in [1.29, 1.82) is 0 Å². The Morgan fingerprint density at radius 1 is 1.15 bits per heavy atom. The van der Waals surface area contributed by atoms with Crippen molar-refractivity contribution in [3.63, 3.8) is 0 Å². The monoisotopic (exact) mass is 295 g/mol. The van der Waals surface area contributed by atoms with E-state index in [2.05, 4.69) is 0 Å². The van der Waals surface area contributed by atoms with Gasteiger partial charge in [0.05, 0.1) is 10.5 Å². The van der Waals surface area contributed by atoms with Crippen molar-refractivity contribution in [1.82, 2.24) is 4.90 Å². The molecule has 0 saturated carbocycles. The number of carbonyl (C=O) groups is 1. The van der Waals surface area contributed by atoms with Crippen molar-refractivity contribution >= 4 is 15.9 Å². The molecule has 2 atom stereocenters. The highest BCUT2D eigenvalue weighted by atomic mass is 32.2. The third kappa shape index (κ3) is 2.40. The fourth-order valence-corrected chi connectivity index (χ4v) is 5.14. The minimum Gasteiger partial charge on any atom is -0.445 e. The first-order valence-electron chi connectivity index (χ1n) is 6.75. The smallest absolute Gasteiger partial charge is 0.410 e. The molecule has 6 heteroatoms. The Morgan fingerprint density at radius 3 is 2.35 bits per heavy atom. The lowest BCUT2D eigenvalue weighted by atomic mass is 10.2. The maximum atomic E-state index is 12.0. The number of likely N-dealkylation sites (tertiary alicyclic amines) is 1. The van der Waals surface area contributed by atoms with Crippen LogP contribution in [0.25, 0.3) is 0 Å². The maximum Gasteiger partial charge on any atom is 0.410 e. The zero-order chi connectivity index (χ0) is 14.2. The first-order chi connectivity index (χ1) is 9.57. The van der Waals surface area contributed by atoms with E-state index in [1.54, 1.807) is 0 Å². The fourth-order valence-electron chi connectivity index (χ4n) is 2.89. The number of fused-ring (bicyclic) bond motifs is 2. The van der Waals surface area contributed by atoms with Gasteiger partial charge < -0.3 is 9.64 Å². The average molecular weight is 295 g/mol. The molecule has 0 spiro atoms. The molecule has 2 bridgehead atoms. The van der Waals surface area contributed by atoms with Crippen LogP contribution in [0.4, 0.5) is 4.79 Å². The molecule has 2 saturated heterocycles. The Labute approximate surface area is 118 Å². The van der Waals surface area contributed by atoms with Gasteiger partial charge in [0.1, 0.15) is 6.61 Å². The fraction of sp³-hybridized carbons (Fsp3) is 0.500. The Hall–Kier alpha value is -1.56. The second-order valence-corrected chi connectivity index (χ2v) is 7.87. The van der Waals surface area contributed by atoms with Gasteiger partial charge in [-0.3, -0.25) is 0 Å². The zero-order valence-corrected chi connectivity index (χ0v) is 11.9. The topological polar surface area (TPSA) is 63.7 Å². The number of rotatable bonds is 2. The zero-order valence-electron chi connectivity index (χ0n) is 11.1. The van der Waals surface area contributed by atoms with Gasteiger partial charge >= 0.3 is 6.09 Å². The van der Waals surface area contributed by atoms with Crippen LogP contribution < -0.4 is 0 Å². The molecule has 2 fully saturated rings. The first kappa shape index (κ1) is 13.4. The summed E-state index contributed by atoms with van der Waals surface area (Å²) in [5.74, 6) is 0. The van der Waals surface area contributed by atoms with Gasteiger partial charge in [-0.15, -0.1) is 0 Å². The average Bonchev–Trinajstić information content (AvgIpc) is 2.65. The summed E-state index contributed by atoms with van der Waals surface area (Å²) < 4.78 is 29.1.